The first kappa shape index (κ1) is 20.1. The zero-order valence-electron chi connectivity index (χ0n) is 16.2. The summed E-state index contributed by atoms with van der Waals surface area (Å²) in [7, 11) is 1.36. The Labute approximate surface area is 164 Å². The maximum absolute atomic E-state index is 12.4. The lowest BCUT2D eigenvalue weighted by Crippen LogP contribution is -2.53. The minimum absolute atomic E-state index is 0.0306. The smallest absolute Gasteiger partial charge is 0.337 e. The minimum atomic E-state index is -0.362. The van der Waals surface area contributed by atoms with Crippen molar-refractivity contribution in [2.45, 2.75) is 25.3 Å². The first-order chi connectivity index (χ1) is 13.6. The van der Waals surface area contributed by atoms with Gasteiger partial charge in [0.25, 0.3) is 0 Å². The maximum atomic E-state index is 12.4. The van der Waals surface area contributed by atoms with E-state index in [2.05, 4.69) is 15.0 Å². The number of benzene rings is 1. The van der Waals surface area contributed by atoms with Gasteiger partial charge < -0.3 is 19.7 Å². The first-order valence-electron chi connectivity index (χ1n) is 9.68. The van der Waals surface area contributed by atoms with Gasteiger partial charge in [0, 0.05) is 39.1 Å². The van der Waals surface area contributed by atoms with Crippen molar-refractivity contribution in [2.75, 3.05) is 46.4 Å². The van der Waals surface area contributed by atoms with E-state index in [4.69, 9.17) is 4.74 Å². The Balaban J connectivity index is 1.32. The number of methoxy groups -OCH3 is 1. The molecule has 1 unspecified atom stereocenters. The van der Waals surface area contributed by atoms with Crippen LogP contribution in [-0.2, 0) is 14.3 Å². The highest BCUT2D eigenvalue weighted by Crippen LogP contribution is 2.14. The SMILES string of the molecule is COC(=O)c1ccc(OCCCN2CCN(C(=O)C3CCC(=O)N3)CC2)cc1. The van der Waals surface area contributed by atoms with Crippen molar-refractivity contribution < 1.29 is 23.9 Å². The van der Waals surface area contributed by atoms with E-state index in [0.29, 0.717) is 38.1 Å². The van der Waals surface area contributed by atoms with Crippen LogP contribution in [0.1, 0.15) is 29.6 Å². The molecule has 1 N–H and O–H groups in total. The molecule has 2 aliphatic heterocycles. The largest absolute Gasteiger partial charge is 0.494 e. The highest BCUT2D eigenvalue weighted by molar-refractivity contribution is 5.91. The number of rotatable bonds is 7. The Morgan fingerprint density at radius 2 is 1.86 bits per heavy atom. The molecule has 2 heterocycles. The quantitative estimate of drug-likeness (QED) is 0.545. The van der Waals surface area contributed by atoms with Gasteiger partial charge in [0.05, 0.1) is 19.3 Å². The second kappa shape index (κ2) is 9.54. The highest BCUT2D eigenvalue weighted by Gasteiger charge is 2.32. The number of nitrogens with one attached hydrogen (secondary N) is 1. The van der Waals surface area contributed by atoms with Crippen LogP contribution in [0.4, 0.5) is 0 Å². The van der Waals surface area contributed by atoms with Gasteiger partial charge in [0.2, 0.25) is 11.8 Å². The average molecular weight is 389 g/mol. The fourth-order valence-corrected chi connectivity index (χ4v) is 3.49. The number of carbonyl (C=O) groups excluding carboxylic acids is 3. The van der Waals surface area contributed by atoms with Crippen LogP contribution in [0.15, 0.2) is 24.3 Å². The Bertz CT molecular complexity index is 698. The van der Waals surface area contributed by atoms with Crippen LogP contribution < -0.4 is 10.1 Å². The van der Waals surface area contributed by atoms with Gasteiger partial charge in [-0.15, -0.1) is 0 Å². The monoisotopic (exact) mass is 389 g/mol. The van der Waals surface area contributed by atoms with Gasteiger partial charge >= 0.3 is 5.97 Å². The Morgan fingerprint density at radius 3 is 2.46 bits per heavy atom. The van der Waals surface area contributed by atoms with E-state index in [-0.39, 0.29) is 23.8 Å². The molecule has 3 rings (SSSR count). The molecule has 1 aromatic carbocycles. The fraction of sp³-hybridized carbons (Fsp3) is 0.550. The molecule has 2 saturated heterocycles. The number of esters is 1. The van der Waals surface area contributed by atoms with Crippen LogP contribution in [0.3, 0.4) is 0 Å². The number of carbonyl (C=O) groups is 3. The lowest BCUT2D eigenvalue weighted by Gasteiger charge is -2.35. The van der Waals surface area contributed by atoms with E-state index in [9.17, 15) is 14.4 Å². The molecule has 0 aromatic heterocycles. The van der Waals surface area contributed by atoms with Crippen molar-refractivity contribution in [3.63, 3.8) is 0 Å². The van der Waals surface area contributed by atoms with E-state index in [1.165, 1.54) is 7.11 Å². The summed E-state index contributed by atoms with van der Waals surface area (Å²) < 4.78 is 10.4. The van der Waals surface area contributed by atoms with Crippen LogP contribution in [-0.4, -0.2) is 80.1 Å². The molecule has 0 saturated carbocycles. The molecule has 1 aromatic rings. The van der Waals surface area contributed by atoms with Crippen LogP contribution in [0.5, 0.6) is 5.75 Å². The fourth-order valence-electron chi connectivity index (χ4n) is 3.49. The Morgan fingerprint density at radius 1 is 1.14 bits per heavy atom. The molecule has 1 atom stereocenters. The molecule has 0 aliphatic carbocycles. The molecule has 0 radical (unpaired) electrons. The van der Waals surface area contributed by atoms with E-state index in [1.807, 2.05) is 4.90 Å². The lowest BCUT2D eigenvalue weighted by atomic mass is 10.2. The van der Waals surface area contributed by atoms with Gasteiger partial charge in [0.1, 0.15) is 11.8 Å². The maximum Gasteiger partial charge on any atom is 0.337 e. The van der Waals surface area contributed by atoms with Crippen molar-refractivity contribution >= 4 is 17.8 Å². The highest BCUT2D eigenvalue weighted by atomic mass is 16.5. The van der Waals surface area contributed by atoms with Crippen molar-refractivity contribution in [1.29, 1.82) is 0 Å². The zero-order chi connectivity index (χ0) is 19.9. The van der Waals surface area contributed by atoms with E-state index >= 15 is 0 Å². The number of piperazine rings is 1. The molecule has 152 valence electrons. The predicted molar refractivity (Wildman–Crippen MR) is 102 cm³/mol. The molecule has 2 amide bonds. The van der Waals surface area contributed by atoms with Crippen LogP contribution in [0, 0.1) is 0 Å². The molecule has 8 heteroatoms. The van der Waals surface area contributed by atoms with E-state index < -0.39 is 0 Å². The summed E-state index contributed by atoms with van der Waals surface area (Å²) in [5.41, 5.74) is 0.499. The summed E-state index contributed by atoms with van der Waals surface area (Å²) in [6.45, 7) is 4.55. The first-order valence-corrected chi connectivity index (χ1v) is 9.68. The topological polar surface area (TPSA) is 88.2 Å². The van der Waals surface area contributed by atoms with Gasteiger partial charge in [-0.1, -0.05) is 0 Å². The molecule has 0 spiro atoms. The normalized spacial score (nSPS) is 20.0. The summed E-state index contributed by atoms with van der Waals surface area (Å²) >= 11 is 0. The van der Waals surface area contributed by atoms with Gasteiger partial charge in [-0.3, -0.25) is 14.5 Å². The van der Waals surface area contributed by atoms with Crippen molar-refractivity contribution in [1.82, 2.24) is 15.1 Å². The van der Waals surface area contributed by atoms with Crippen LogP contribution in [0.2, 0.25) is 0 Å². The minimum Gasteiger partial charge on any atom is -0.494 e. The predicted octanol–water partition coefficient (Wildman–Crippen LogP) is 0.665. The van der Waals surface area contributed by atoms with Gasteiger partial charge in [-0.25, -0.2) is 4.79 Å². The van der Waals surface area contributed by atoms with Crippen LogP contribution >= 0.6 is 0 Å². The third-order valence-corrected chi connectivity index (χ3v) is 5.14. The Kier molecular flexibility index (Phi) is 6.86. The lowest BCUT2D eigenvalue weighted by molar-refractivity contribution is -0.136. The number of nitrogens with zero attached hydrogens (tertiary/aromatic N) is 2. The third kappa shape index (κ3) is 5.22. The molecule has 2 aliphatic rings. The zero-order valence-corrected chi connectivity index (χ0v) is 16.2. The van der Waals surface area contributed by atoms with Crippen molar-refractivity contribution in [3.05, 3.63) is 29.8 Å². The summed E-state index contributed by atoms with van der Waals surface area (Å²) in [6.07, 6.45) is 1.93. The second-order valence-corrected chi connectivity index (χ2v) is 7.04. The molecule has 0 bridgehead atoms. The standard InChI is InChI=1S/C20H27N3O5/c1-27-20(26)15-3-5-16(6-4-15)28-14-2-9-22-10-12-23(13-11-22)19(25)17-7-8-18(24)21-17/h3-6,17H,2,7-14H2,1H3,(H,21,24). The van der Waals surface area contributed by atoms with Crippen molar-refractivity contribution in [3.8, 4) is 5.75 Å². The van der Waals surface area contributed by atoms with Crippen LogP contribution in [0.25, 0.3) is 0 Å². The summed E-state index contributed by atoms with van der Waals surface area (Å²) in [4.78, 5) is 39.3. The molecular formula is C20H27N3O5. The average Bonchev–Trinajstić information content (AvgIpc) is 3.17. The summed E-state index contributed by atoms with van der Waals surface area (Å²) in [5, 5.41) is 2.75. The molecule has 8 nitrogen and oxygen atoms in total. The van der Waals surface area contributed by atoms with E-state index in [0.717, 1.165) is 31.8 Å². The van der Waals surface area contributed by atoms with Gasteiger partial charge in [0.15, 0.2) is 0 Å². The van der Waals surface area contributed by atoms with Gasteiger partial charge in [-0.2, -0.15) is 0 Å². The number of ether oxygens (including phenoxy) is 2. The number of amides is 2. The molecule has 28 heavy (non-hydrogen) atoms. The second-order valence-electron chi connectivity index (χ2n) is 7.04. The summed E-state index contributed by atoms with van der Waals surface area (Å²) in [6, 6.07) is 6.56. The number of hydrogen-bond acceptors (Lipinski definition) is 6. The Hall–Kier alpha value is -2.61. The third-order valence-electron chi connectivity index (χ3n) is 5.14. The van der Waals surface area contributed by atoms with Gasteiger partial charge in [-0.05, 0) is 37.1 Å². The van der Waals surface area contributed by atoms with E-state index in [1.54, 1.807) is 24.3 Å². The molecular weight excluding hydrogens is 362 g/mol. The summed E-state index contributed by atoms with van der Waals surface area (Å²) in [5.74, 6) is 0.377. The number of hydrogen-bond donors (Lipinski definition) is 1. The molecule has 2 fully saturated rings. The van der Waals surface area contributed by atoms with Crippen molar-refractivity contribution in [2.24, 2.45) is 0 Å².